The predicted octanol–water partition coefficient (Wildman–Crippen LogP) is 4.32. The summed E-state index contributed by atoms with van der Waals surface area (Å²) in [4.78, 5) is 3.94. The third-order valence-electron chi connectivity index (χ3n) is 4.78. The molecule has 3 aromatic rings. The molecule has 1 aliphatic heterocycles. The van der Waals surface area contributed by atoms with E-state index in [-0.39, 0.29) is 6.04 Å². The van der Waals surface area contributed by atoms with Crippen LogP contribution in [0.1, 0.15) is 22.0 Å². The molecule has 0 unspecified atom stereocenters. The molecule has 0 saturated carbocycles. The topological polar surface area (TPSA) is 24.5 Å². The fraction of sp³-hybridized carbons (Fsp3) is 0.273. The molecule has 1 aliphatic rings. The molecule has 1 fully saturated rings. The number of thiophene rings is 1. The first-order valence-electron chi connectivity index (χ1n) is 9.15. The zero-order valence-electron chi connectivity index (χ0n) is 14.8. The molecule has 1 N–H and O–H groups in total. The maximum atomic E-state index is 6.26. The molecule has 0 bridgehead atoms. The Labute approximate surface area is 159 Å². The molecule has 1 saturated heterocycles. The van der Waals surface area contributed by atoms with Crippen LogP contribution in [0, 0.1) is 0 Å². The van der Waals surface area contributed by atoms with Crippen LogP contribution in [0.3, 0.4) is 0 Å². The molecule has 2 aromatic carbocycles. The second kappa shape index (κ2) is 8.49. The fourth-order valence-electron chi connectivity index (χ4n) is 3.49. The predicted molar refractivity (Wildman–Crippen MR) is 108 cm³/mol. The van der Waals surface area contributed by atoms with Crippen LogP contribution < -0.4 is 10.1 Å². The van der Waals surface area contributed by atoms with Crippen LogP contribution in [0.15, 0.2) is 72.1 Å². The van der Waals surface area contributed by atoms with E-state index in [4.69, 9.17) is 4.74 Å². The van der Waals surface area contributed by atoms with Gasteiger partial charge in [0.05, 0.1) is 6.04 Å². The zero-order chi connectivity index (χ0) is 17.6. The molecule has 3 nitrogen and oxygen atoms in total. The van der Waals surface area contributed by atoms with Crippen LogP contribution in [0.2, 0.25) is 0 Å². The van der Waals surface area contributed by atoms with Crippen molar-refractivity contribution in [3.05, 3.63) is 88.1 Å². The Morgan fingerprint density at radius 1 is 0.923 bits per heavy atom. The van der Waals surface area contributed by atoms with Gasteiger partial charge in [0.1, 0.15) is 12.4 Å². The standard InChI is InChI=1S/C22H24N2OS/c1-2-7-18(8-3-1)17-25-20-10-5-4-9-19(20)22(21-11-6-16-26-21)24-14-12-23-13-15-24/h1-11,16,22-23H,12-15,17H2/t22-/m0/s1. The molecule has 0 amide bonds. The number of piperazine rings is 1. The highest BCUT2D eigenvalue weighted by Crippen LogP contribution is 2.37. The van der Waals surface area contributed by atoms with E-state index in [1.165, 1.54) is 16.0 Å². The molecule has 1 atom stereocenters. The van der Waals surface area contributed by atoms with Crippen molar-refractivity contribution < 1.29 is 4.74 Å². The maximum Gasteiger partial charge on any atom is 0.124 e. The van der Waals surface area contributed by atoms with Crippen molar-refractivity contribution in [3.63, 3.8) is 0 Å². The third kappa shape index (κ3) is 3.98. The van der Waals surface area contributed by atoms with Crippen molar-refractivity contribution in [2.45, 2.75) is 12.6 Å². The van der Waals surface area contributed by atoms with E-state index in [1.54, 1.807) is 0 Å². The Hall–Kier alpha value is -2.14. The van der Waals surface area contributed by atoms with Crippen molar-refractivity contribution in [3.8, 4) is 5.75 Å². The highest BCUT2D eigenvalue weighted by atomic mass is 32.1. The molecule has 2 heterocycles. The van der Waals surface area contributed by atoms with E-state index in [0.717, 1.165) is 31.9 Å². The van der Waals surface area contributed by atoms with Gasteiger partial charge >= 0.3 is 0 Å². The van der Waals surface area contributed by atoms with Crippen LogP contribution in [-0.4, -0.2) is 31.1 Å². The smallest absolute Gasteiger partial charge is 0.124 e. The molecule has 4 heteroatoms. The number of rotatable bonds is 6. The second-order valence-electron chi connectivity index (χ2n) is 6.52. The van der Waals surface area contributed by atoms with E-state index in [0.29, 0.717) is 6.61 Å². The van der Waals surface area contributed by atoms with E-state index in [9.17, 15) is 0 Å². The highest BCUT2D eigenvalue weighted by Gasteiger charge is 2.27. The van der Waals surface area contributed by atoms with Crippen molar-refractivity contribution >= 4 is 11.3 Å². The summed E-state index contributed by atoms with van der Waals surface area (Å²) in [5.74, 6) is 0.980. The monoisotopic (exact) mass is 364 g/mol. The number of hydrogen-bond donors (Lipinski definition) is 1. The molecular weight excluding hydrogens is 340 g/mol. The first-order chi connectivity index (χ1) is 12.9. The van der Waals surface area contributed by atoms with Gasteiger partial charge in [0.2, 0.25) is 0 Å². The van der Waals surface area contributed by atoms with Crippen LogP contribution >= 0.6 is 11.3 Å². The molecule has 0 spiro atoms. The Bertz CT molecular complexity index is 798. The van der Waals surface area contributed by atoms with Gasteiger partial charge in [0.15, 0.2) is 0 Å². The number of benzene rings is 2. The molecule has 26 heavy (non-hydrogen) atoms. The van der Waals surface area contributed by atoms with Gasteiger partial charge < -0.3 is 10.1 Å². The minimum atomic E-state index is 0.254. The van der Waals surface area contributed by atoms with Crippen LogP contribution in [-0.2, 0) is 6.61 Å². The molecule has 1 aromatic heterocycles. The molecule has 0 aliphatic carbocycles. The lowest BCUT2D eigenvalue weighted by molar-refractivity contribution is 0.195. The zero-order valence-corrected chi connectivity index (χ0v) is 15.6. The van der Waals surface area contributed by atoms with Gasteiger partial charge in [-0.25, -0.2) is 0 Å². The summed E-state index contributed by atoms with van der Waals surface area (Å²) in [6, 6.07) is 23.5. The number of hydrogen-bond acceptors (Lipinski definition) is 4. The minimum Gasteiger partial charge on any atom is -0.489 e. The van der Waals surface area contributed by atoms with Gasteiger partial charge in [-0.3, -0.25) is 4.90 Å². The average molecular weight is 365 g/mol. The quantitative estimate of drug-likeness (QED) is 0.705. The summed E-state index contributed by atoms with van der Waals surface area (Å²) in [7, 11) is 0. The summed E-state index contributed by atoms with van der Waals surface area (Å²) in [6.07, 6.45) is 0. The van der Waals surface area contributed by atoms with Crippen molar-refractivity contribution in [1.82, 2.24) is 10.2 Å². The lowest BCUT2D eigenvalue weighted by Gasteiger charge is -2.35. The van der Waals surface area contributed by atoms with Gasteiger partial charge in [0, 0.05) is 36.6 Å². The average Bonchev–Trinajstić information content (AvgIpc) is 3.23. The fourth-order valence-corrected chi connectivity index (χ4v) is 4.37. The van der Waals surface area contributed by atoms with Gasteiger partial charge in [0.25, 0.3) is 0 Å². The summed E-state index contributed by atoms with van der Waals surface area (Å²) >= 11 is 1.83. The maximum absolute atomic E-state index is 6.26. The first-order valence-corrected chi connectivity index (χ1v) is 10.0. The van der Waals surface area contributed by atoms with Crippen molar-refractivity contribution in [1.29, 1.82) is 0 Å². The van der Waals surface area contributed by atoms with E-state index < -0.39 is 0 Å². The van der Waals surface area contributed by atoms with Crippen LogP contribution in [0.5, 0.6) is 5.75 Å². The summed E-state index contributed by atoms with van der Waals surface area (Å²) < 4.78 is 6.26. The molecule has 134 valence electrons. The lowest BCUT2D eigenvalue weighted by Crippen LogP contribution is -2.45. The Balaban J connectivity index is 1.63. The van der Waals surface area contributed by atoms with Crippen LogP contribution in [0.4, 0.5) is 0 Å². The van der Waals surface area contributed by atoms with Gasteiger partial charge in [-0.15, -0.1) is 11.3 Å². The number of para-hydroxylation sites is 1. The van der Waals surface area contributed by atoms with E-state index in [1.807, 2.05) is 17.4 Å². The highest BCUT2D eigenvalue weighted by molar-refractivity contribution is 7.10. The largest absolute Gasteiger partial charge is 0.489 e. The lowest BCUT2D eigenvalue weighted by atomic mass is 10.0. The van der Waals surface area contributed by atoms with Crippen molar-refractivity contribution in [2.24, 2.45) is 0 Å². The summed E-state index contributed by atoms with van der Waals surface area (Å²) in [6.45, 7) is 4.77. The number of nitrogens with one attached hydrogen (secondary N) is 1. The SMILES string of the molecule is c1ccc(COc2ccccc2[C@@H](c2cccs2)N2CCNCC2)cc1. The van der Waals surface area contributed by atoms with E-state index in [2.05, 4.69) is 76.3 Å². The van der Waals surface area contributed by atoms with E-state index >= 15 is 0 Å². The van der Waals surface area contributed by atoms with Gasteiger partial charge in [-0.05, 0) is 23.1 Å². The van der Waals surface area contributed by atoms with Gasteiger partial charge in [-0.1, -0.05) is 54.6 Å². The molecule has 0 radical (unpaired) electrons. The Kier molecular flexibility index (Phi) is 5.65. The summed E-state index contributed by atoms with van der Waals surface area (Å²) in [5, 5.41) is 5.62. The van der Waals surface area contributed by atoms with Gasteiger partial charge in [-0.2, -0.15) is 0 Å². The minimum absolute atomic E-state index is 0.254. The van der Waals surface area contributed by atoms with Crippen LogP contribution in [0.25, 0.3) is 0 Å². The van der Waals surface area contributed by atoms with Crippen molar-refractivity contribution in [2.75, 3.05) is 26.2 Å². The Morgan fingerprint density at radius 2 is 1.69 bits per heavy atom. The molecular formula is C22H24N2OS. The number of nitrogens with zero attached hydrogens (tertiary/aromatic N) is 1. The number of ether oxygens (including phenoxy) is 1. The Morgan fingerprint density at radius 3 is 2.46 bits per heavy atom. The first kappa shape index (κ1) is 17.3. The second-order valence-corrected chi connectivity index (χ2v) is 7.50. The molecule has 4 rings (SSSR count). The normalized spacial score (nSPS) is 16.3. The summed E-state index contributed by atoms with van der Waals surface area (Å²) in [5.41, 5.74) is 2.45. The third-order valence-corrected chi connectivity index (χ3v) is 5.70.